The minimum atomic E-state index is -3.68. The van der Waals surface area contributed by atoms with Gasteiger partial charge in [0.05, 0.1) is 17.0 Å². The van der Waals surface area contributed by atoms with E-state index in [4.69, 9.17) is 11.6 Å². The zero-order chi connectivity index (χ0) is 18.4. The first-order chi connectivity index (χ1) is 11.8. The summed E-state index contributed by atoms with van der Waals surface area (Å²) < 4.78 is 26.2. The number of nitrogens with zero attached hydrogens (tertiary/aromatic N) is 3. The van der Waals surface area contributed by atoms with Gasteiger partial charge in [-0.2, -0.15) is 4.31 Å². The maximum absolute atomic E-state index is 12.5. The van der Waals surface area contributed by atoms with Crippen LogP contribution in [-0.4, -0.2) is 42.2 Å². The highest BCUT2D eigenvalue weighted by molar-refractivity contribution is 7.89. The van der Waals surface area contributed by atoms with Gasteiger partial charge in [0.1, 0.15) is 5.82 Å². The van der Waals surface area contributed by atoms with Crippen molar-refractivity contribution in [1.82, 2.24) is 19.6 Å². The first-order valence-corrected chi connectivity index (χ1v) is 9.47. The fourth-order valence-corrected chi connectivity index (χ4v) is 3.22. The monoisotopic (exact) mass is 382 g/mol. The summed E-state index contributed by atoms with van der Waals surface area (Å²) in [5.74, 6) is 0.0441. The minimum Gasteiger partial charge on any atom is -0.352 e. The predicted octanol–water partition coefficient (Wildman–Crippen LogP) is 2.09. The molecule has 1 aromatic carbocycles. The highest BCUT2D eigenvalue weighted by Gasteiger charge is 2.21. The standard InChI is InChI=1S/C16H19ClN4O3S/c1-3-8-18-16(22)12-9-19-15(20-10-12)11-21(2)25(23,24)14-6-4-13(17)5-7-14/h4-7,9-10H,3,8,11H2,1-2H3,(H,18,22). The van der Waals surface area contributed by atoms with E-state index in [0.29, 0.717) is 23.0 Å². The third kappa shape index (κ3) is 4.97. The topological polar surface area (TPSA) is 92.3 Å². The molecule has 0 radical (unpaired) electrons. The van der Waals surface area contributed by atoms with E-state index >= 15 is 0 Å². The fraction of sp³-hybridized carbons (Fsp3) is 0.312. The Bertz CT molecular complexity index is 823. The highest BCUT2D eigenvalue weighted by atomic mass is 35.5. The van der Waals surface area contributed by atoms with Crippen molar-refractivity contribution in [2.45, 2.75) is 24.8 Å². The van der Waals surface area contributed by atoms with E-state index in [0.717, 1.165) is 10.7 Å². The minimum absolute atomic E-state index is 0.0121. The normalized spacial score (nSPS) is 11.5. The van der Waals surface area contributed by atoms with Gasteiger partial charge in [0.15, 0.2) is 0 Å². The first-order valence-electron chi connectivity index (χ1n) is 7.65. The molecule has 1 N–H and O–H groups in total. The van der Waals surface area contributed by atoms with Crippen LogP contribution in [-0.2, 0) is 16.6 Å². The van der Waals surface area contributed by atoms with E-state index in [2.05, 4.69) is 15.3 Å². The van der Waals surface area contributed by atoms with Crippen molar-refractivity contribution in [2.24, 2.45) is 0 Å². The lowest BCUT2D eigenvalue weighted by Crippen LogP contribution is -2.28. The number of amides is 1. The first kappa shape index (κ1) is 19.3. The summed E-state index contributed by atoms with van der Waals surface area (Å²) in [6.45, 7) is 2.52. The van der Waals surface area contributed by atoms with E-state index in [9.17, 15) is 13.2 Å². The number of aromatic nitrogens is 2. The van der Waals surface area contributed by atoms with Gasteiger partial charge in [-0.15, -0.1) is 0 Å². The number of carbonyl (C=O) groups is 1. The Morgan fingerprint density at radius 3 is 2.36 bits per heavy atom. The van der Waals surface area contributed by atoms with Crippen LogP contribution in [0.4, 0.5) is 0 Å². The maximum Gasteiger partial charge on any atom is 0.254 e. The van der Waals surface area contributed by atoms with Crippen molar-refractivity contribution >= 4 is 27.5 Å². The van der Waals surface area contributed by atoms with Gasteiger partial charge in [0.25, 0.3) is 5.91 Å². The quantitative estimate of drug-likeness (QED) is 0.791. The molecular weight excluding hydrogens is 364 g/mol. The van der Waals surface area contributed by atoms with Crippen molar-refractivity contribution < 1.29 is 13.2 Å². The molecule has 0 spiro atoms. The summed E-state index contributed by atoms with van der Waals surface area (Å²) in [5.41, 5.74) is 0.334. The zero-order valence-electron chi connectivity index (χ0n) is 13.9. The third-order valence-electron chi connectivity index (χ3n) is 3.39. The number of nitrogens with one attached hydrogen (secondary N) is 1. The van der Waals surface area contributed by atoms with E-state index in [-0.39, 0.29) is 17.3 Å². The lowest BCUT2D eigenvalue weighted by molar-refractivity contribution is 0.0953. The van der Waals surface area contributed by atoms with Crippen molar-refractivity contribution in [3.63, 3.8) is 0 Å². The molecule has 25 heavy (non-hydrogen) atoms. The summed E-state index contributed by atoms with van der Waals surface area (Å²) >= 11 is 5.78. The van der Waals surface area contributed by atoms with Gasteiger partial charge >= 0.3 is 0 Å². The van der Waals surface area contributed by atoms with Crippen molar-refractivity contribution in [1.29, 1.82) is 0 Å². The number of carbonyl (C=O) groups excluding carboxylic acids is 1. The number of benzene rings is 1. The Morgan fingerprint density at radius 2 is 1.80 bits per heavy atom. The molecule has 1 heterocycles. The lowest BCUT2D eigenvalue weighted by atomic mass is 10.3. The molecule has 0 saturated carbocycles. The molecule has 0 unspecified atom stereocenters. The van der Waals surface area contributed by atoms with Gasteiger partial charge in [0.2, 0.25) is 10.0 Å². The Kier molecular flexibility index (Phi) is 6.46. The number of sulfonamides is 1. The van der Waals surface area contributed by atoms with E-state index in [1.165, 1.54) is 43.7 Å². The van der Waals surface area contributed by atoms with Crippen LogP contribution in [0.25, 0.3) is 0 Å². The van der Waals surface area contributed by atoms with E-state index in [1.54, 1.807) is 0 Å². The van der Waals surface area contributed by atoms with Crippen LogP contribution < -0.4 is 5.32 Å². The number of halogens is 1. The van der Waals surface area contributed by atoms with Crippen LogP contribution in [0.5, 0.6) is 0 Å². The summed E-state index contributed by atoms with van der Waals surface area (Å²) in [7, 11) is -2.24. The van der Waals surface area contributed by atoms with Gasteiger partial charge in [-0.1, -0.05) is 18.5 Å². The lowest BCUT2D eigenvalue weighted by Gasteiger charge is -2.16. The molecule has 0 atom stereocenters. The van der Waals surface area contributed by atoms with Gasteiger partial charge in [-0.25, -0.2) is 18.4 Å². The second kappa shape index (κ2) is 8.37. The molecule has 0 saturated heterocycles. The van der Waals surface area contributed by atoms with Crippen molar-refractivity contribution in [3.8, 4) is 0 Å². The van der Waals surface area contributed by atoms with Crippen molar-refractivity contribution in [3.05, 3.63) is 53.1 Å². The number of hydrogen-bond donors (Lipinski definition) is 1. The maximum atomic E-state index is 12.5. The zero-order valence-corrected chi connectivity index (χ0v) is 15.5. The molecular formula is C16H19ClN4O3S. The SMILES string of the molecule is CCCNC(=O)c1cnc(CN(C)S(=O)(=O)c2ccc(Cl)cc2)nc1. The second-order valence-corrected chi connectivity index (χ2v) is 7.84. The molecule has 0 aliphatic rings. The number of hydrogen-bond acceptors (Lipinski definition) is 5. The largest absolute Gasteiger partial charge is 0.352 e. The Balaban J connectivity index is 2.08. The average Bonchev–Trinajstić information content (AvgIpc) is 2.60. The van der Waals surface area contributed by atoms with Gasteiger partial charge in [-0.3, -0.25) is 4.79 Å². The molecule has 0 aliphatic heterocycles. The number of rotatable bonds is 7. The van der Waals surface area contributed by atoms with Crippen molar-refractivity contribution in [2.75, 3.05) is 13.6 Å². The fourth-order valence-electron chi connectivity index (χ4n) is 1.96. The molecule has 0 aliphatic carbocycles. The van der Waals surface area contributed by atoms with Crippen LogP contribution in [0, 0.1) is 0 Å². The average molecular weight is 383 g/mol. The smallest absolute Gasteiger partial charge is 0.254 e. The molecule has 0 bridgehead atoms. The summed E-state index contributed by atoms with van der Waals surface area (Å²) in [5, 5.41) is 3.18. The molecule has 134 valence electrons. The Hall–Kier alpha value is -2.03. The summed E-state index contributed by atoms with van der Waals surface area (Å²) in [6.07, 6.45) is 3.60. The van der Waals surface area contributed by atoms with Crippen LogP contribution in [0.2, 0.25) is 5.02 Å². The molecule has 1 amide bonds. The second-order valence-electron chi connectivity index (χ2n) is 5.36. The van der Waals surface area contributed by atoms with E-state index < -0.39 is 10.0 Å². The van der Waals surface area contributed by atoms with Crippen LogP contribution in [0.15, 0.2) is 41.6 Å². The molecule has 2 rings (SSSR count). The molecule has 9 heteroatoms. The van der Waals surface area contributed by atoms with Crippen LogP contribution in [0.3, 0.4) is 0 Å². The highest BCUT2D eigenvalue weighted by Crippen LogP contribution is 2.18. The molecule has 7 nitrogen and oxygen atoms in total. The van der Waals surface area contributed by atoms with Crippen LogP contribution >= 0.6 is 11.6 Å². The van der Waals surface area contributed by atoms with Gasteiger partial charge < -0.3 is 5.32 Å². The Labute approximate surface area is 152 Å². The van der Waals surface area contributed by atoms with Gasteiger partial charge in [0, 0.05) is 31.0 Å². The summed E-state index contributed by atoms with van der Waals surface area (Å²) in [6, 6.07) is 5.91. The third-order valence-corrected chi connectivity index (χ3v) is 5.46. The Morgan fingerprint density at radius 1 is 1.20 bits per heavy atom. The summed E-state index contributed by atoms with van der Waals surface area (Å²) in [4.78, 5) is 20.1. The van der Waals surface area contributed by atoms with Gasteiger partial charge in [-0.05, 0) is 30.7 Å². The molecule has 1 aromatic heterocycles. The predicted molar refractivity (Wildman–Crippen MR) is 94.8 cm³/mol. The van der Waals surface area contributed by atoms with Crippen LogP contribution in [0.1, 0.15) is 29.5 Å². The molecule has 0 fully saturated rings. The molecule has 2 aromatic rings. The van der Waals surface area contributed by atoms with E-state index in [1.807, 2.05) is 6.92 Å².